The van der Waals surface area contributed by atoms with Crippen LogP contribution in [0.2, 0.25) is 0 Å². The van der Waals surface area contributed by atoms with Gasteiger partial charge in [0.1, 0.15) is 5.78 Å². The summed E-state index contributed by atoms with van der Waals surface area (Å²) in [5, 5.41) is 0. The number of carbonyl (C=O) groups is 1. The standard InChI is InChI=1S/C19H28F2O/c1-17-9-10-19(20,21)11-12(17)3-4-13-14-5-6-16(22)18(14,2)8-7-15(13)17/h12-15H,3-11H2,1-2H3/t12-,13+,14+,15+,17+,18-/m0/s1. The SMILES string of the molecule is C[C@@]12CCC(F)(F)C[C@@H]1CC[C@H]1[C@H]2CC[C@]2(C)C(=O)CC[C@H]12. The van der Waals surface area contributed by atoms with Crippen molar-refractivity contribution in [1.29, 1.82) is 0 Å². The zero-order valence-corrected chi connectivity index (χ0v) is 13.8. The molecule has 0 N–H and O–H groups in total. The number of ketones is 1. The Balaban J connectivity index is 1.63. The summed E-state index contributed by atoms with van der Waals surface area (Å²) in [4.78, 5) is 12.4. The number of alkyl halides is 2. The highest BCUT2D eigenvalue weighted by atomic mass is 19.3. The number of hydrogen-bond donors (Lipinski definition) is 0. The predicted molar refractivity (Wildman–Crippen MR) is 81.7 cm³/mol. The van der Waals surface area contributed by atoms with Crippen LogP contribution in [0.5, 0.6) is 0 Å². The van der Waals surface area contributed by atoms with Gasteiger partial charge in [0.25, 0.3) is 0 Å². The van der Waals surface area contributed by atoms with Crippen LogP contribution in [0, 0.1) is 34.5 Å². The van der Waals surface area contributed by atoms with Gasteiger partial charge in [-0.05, 0) is 67.6 Å². The van der Waals surface area contributed by atoms with Crippen LogP contribution in [0.3, 0.4) is 0 Å². The zero-order chi connectivity index (χ0) is 15.8. The normalized spacial score (nSPS) is 53.5. The third-order valence-electron chi connectivity index (χ3n) is 8.35. The summed E-state index contributed by atoms with van der Waals surface area (Å²) in [6, 6.07) is 0. The van der Waals surface area contributed by atoms with Gasteiger partial charge in [0, 0.05) is 24.7 Å². The van der Waals surface area contributed by atoms with Crippen LogP contribution in [-0.2, 0) is 4.79 Å². The summed E-state index contributed by atoms with van der Waals surface area (Å²) in [6.45, 7) is 4.48. The summed E-state index contributed by atoms with van der Waals surface area (Å²) in [6.07, 6.45) is 6.78. The topological polar surface area (TPSA) is 17.1 Å². The monoisotopic (exact) mass is 310 g/mol. The Hall–Kier alpha value is -0.470. The molecule has 0 spiro atoms. The number of halogens is 2. The number of carbonyl (C=O) groups excluding carboxylic acids is 1. The zero-order valence-electron chi connectivity index (χ0n) is 13.8. The Morgan fingerprint density at radius 1 is 0.955 bits per heavy atom. The van der Waals surface area contributed by atoms with E-state index in [-0.39, 0.29) is 29.6 Å². The van der Waals surface area contributed by atoms with E-state index in [0.29, 0.717) is 30.0 Å². The molecule has 0 heterocycles. The first kappa shape index (κ1) is 15.1. The average Bonchev–Trinajstić information content (AvgIpc) is 2.76. The molecule has 124 valence electrons. The Morgan fingerprint density at radius 3 is 2.50 bits per heavy atom. The number of Topliss-reactive ketones (excluding diaryl/α,β-unsaturated/α-hetero) is 1. The van der Waals surface area contributed by atoms with E-state index in [0.717, 1.165) is 38.5 Å². The lowest BCUT2D eigenvalue weighted by Gasteiger charge is -2.60. The van der Waals surface area contributed by atoms with Crippen molar-refractivity contribution in [1.82, 2.24) is 0 Å². The lowest BCUT2D eigenvalue weighted by atomic mass is 9.45. The van der Waals surface area contributed by atoms with E-state index >= 15 is 0 Å². The molecule has 0 aromatic heterocycles. The van der Waals surface area contributed by atoms with Crippen molar-refractivity contribution >= 4 is 5.78 Å². The van der Waals surface area contributed by atoms with E-state index in [2.05, 4.69) is 13.8 Å². The fourth-order valence-electron chi connectivity index (χ4n) is 6.95. The smallest absolute Gasteiger partial charge is 0.248 e. The quantitative estimate of drug-likeness (QED) is 0.598. The predicted octanol–water partition coefficient (Wildman–Crippen LogP) is 5.23. The lowest BCUT2D eigenvalue weighted by Crippen LogP contribution is -2.54. The molecule has 4 rings (SSSR count). The Morgan fingerprint density at radius 2 is 1.73 bits per heavy atom. The molecule has 4 aliphatic carbocycles. The first-order chi connectivity index (χ1) is 10.3. The van der Waals surface area contributed by atoms with Gasteiger partial charge in [-0.3, -0.25) is 4.79 Å². The average molecular weight is 310 g/mol. The second-order valence-corrected chi connectivity index (χ2v) is 9.14. The Kier molecular flexibility index (Phi) is 3.11. The molecule has 4 aliphatic rings. The first-order valence-corrected chi connectivity index (χ1v) is 9.17. The molecule has 0 unspecified atom stereocenters. The van der Waals surface area contributed by atoms with Gasteiger partial charge >= 0.3 is 0 Å². The van der Waals surface area contributed by atoms with Crippen molar-refractivity contribution in [2.75, 3.05) is 0 Å². The molecule has 1 nitrogen and oxygen atoms in total. The van der Waals surface area contributed by atoms with Crippen LogP contribution in [0.15, 0.2) is 0 Å². The summed E-state index contributed by atoms with van der Waals surface area (Å²) in [5.41, 5.74) is 0.000528. The molecule has 0 bridgehead atoms. The minimum Gasteiger partial charge on any atom is -0.299 e. The van der Waals surface area contributed by atoms with Gasteiger partial charge in [0.05, 0.1) is 0 Å². The summed E-state index contributed by atoms with van der Waals surface area (Å²) < 4.78 is 27.7. The Bertz CT molecular complexity index is 502. The van der Waals surface area contributed by atoms with Crippen LogP contribution in [0.1, 0.15) is 71.6 Å². The van der Waals surface area contributed by atoms with Crippen LogP contribution < -0.4 is 0 Å². The minimum atomic E-state index is -2.44. The molecule has 0 radical (unpaired) electrons. The fraction of sp³-hybridized carbons (Fsp3) is 0.947. The van der Waals surface area contributed by atoms with E-state index in [4.69, 9.17) is 0 Å². The van der Waals surface area contributed by atoms with Gasteiger partial charge in [-0.25, -0.2) is 8.78 Å². The van der Waals surface area contributed by atoms with Crippen LogP contribution >= 0.6 is 0 Å². The van der Waals surface area contributed by atoms with Gasteiger partial charge in [0.15, 0.2) is 0 Å². The molecule has 4 saturated carbocycles. The van der Waals surface area contributed by atoms with Gasteiger partial charge < -0.3 is 0 Å². The molecule has 0 aromatic carbocycles. The third kappa shape index (κ3) is 1.89. The van der Waals surface area contributed by atoms with Crippen molar-refractivity contribution < 1.29 is 13.6 Å². The second-order valence-electron chi connectivity index (χ2n) is 9.14. The molecule has 6 atom stereocenters. The lowest BCUT2D eigenvalue weighted by molar-refractivity contribution is -0.163. The molecule has 0 aromatic rings. The largest absolute Gasteiger partial charge is 0.299 e. The van der Waals surface area contributed by atoms with E-state index < -0.39 is 5.92 Å². The van der Waals surface area contributed by atoms with Gasteiger partial charge in [-0.1, -0.05) is 13.8 Å². The highest BCUT2D eigenvalue weighted by Crippen LogP contribution is 2.66. The molecular weight excluding hydrogens is 282 g/mol. The molecule has 0 saturated heterocycles. The number of hydrogen-bond acceptors (Lipinski definition) is 1. The van der Waals surface area contributed by atoms with Crippen molar-refractivity contribution in [2.24, 2.45) is 34.5 Å². The molecule has 22 heavy (non-hydrogen) atoms. The van der Waals surface area contributed by atoms with E-state index in [1.807, 2.05) is 0 Å². The summed E-state index contributed by atoms with van der Waals surface area (Å²) in [7, 11) is 0. The van der Waals surface area contributed by atoms with Crippen LogP contribution in [0.4, 0.5) is 8.78 Å². The highest BCUT2D eigenvalue weighted by molar-refractivity contribution is 5.87. The molecule has 0 amide bonds. The fourth-order valence-corrected chi connectivity index (χ4v) is 6.95. The van der Waals surface area contributed by atoms with Crippen molar-refractivity contribution in [3.05, 3.63) is 0 Å². The summed E-state index contributed by atoms with van der Waals surface area (Å²) in [5.74, 6) is -0.0652. The molecule has 0 aliphatic heterocycles. The van der Waals surface area contributed by atoms with Crippen molar-refractivity contribution in [2.45, 2.75) is 77.6 Å². The number of rotatable bonds is 0. The van der Waals surface area contributed by atoms with Crippen molar-refractivity contribution in [3.8, 4) is 0 Å². The van der Waals surface area contributed by atoms with Gasteiger partial charge in [-0.2, -0.15) is 0 Å². The minimum absolute atomic E-state index is 0.0735. The van der Waals surface area contributed by atoms with Gasteiger partial charge in [0.2, 0.25) is 5.92 Å². The van der Waals surface area contributed by atoms with E-state index in [1.54, 1.807) is 0 Å². The summed E-state index contributed by atoms with van der Waals surface area (Å²) >= 11 is 0. The molecular formula is C19H28F2O. The van der Waals surface area contributed by atoms with Crippen molar-refractivity contribution in [3.63, 3.8) is 0 Å². The maximum atomic E-state index is 13.9. The number of fused-ring (bicyclic) bond motifs is 5. The maximum absolute atomic E-state index is 13.9. The van der Waals surface area contributed by atoms with E-state index in [1.165, 1.54) is 0 Å². The third-order valence-corrected chi connectivity index (χ3v) is 8.35. The maximum Gasteiger partial charge on any atom is 0.248 e. The second kappa shape index (κ2) is 4.54. The van der Waals surface area contributed by atoms with Gasteiger partial charge in [-0.15, -0.1) is 0 Å². The highest BCUT2D eigenvalue weighted by Gasteiger charge is 2.61. The first-order valence-electron chi connectivity index (χ1n) is 9.17. The molecule has 4 fully saturated rings. The Labute approximate surface area is 132 Å². The van der Waals surface area contributed by atoms with Crippen LogP contribution in [-0.4, -0.2) is 11.7 Å². The van der Waals surface area contributed by atoms with Crippen LogP contribution in [0.25, 0.3) is 0 Å². The molecule has 3 heteroatoms. The van der Waals surface area contributed by atoms with E-state index in [9.17, 15) is 13.6 Å².